The number of benzene rings is 2. The summed E-state index contributed by atoms with van der Waals surface area (Å²) >= 11 is 0. The topological polar surface area (TPSA) is 131 Å². The third-order valence-corrected chi connectivity index (χ3v) is 5.68. The molecule has 0 atom stereocenters. The number of sulfonamides is 1. The third-order valence-electron chi connectivity index (χ3n) is 4.20. The van der Waals surface area contributed by atoms with Crippen molar-refractivity contribution in [3.8, 4) is 5.88 Å². The van der Waals surface area contributed by atoms with E-state index in [4.69, 9.17) is 4.74 Å². The first kappa shape index (κ1) is 22.2. The number of hydrogen-bond donors (Lipinski definition) is 3. The molecule has 0 amide bonds. The first-order chi connectivity index (χ1) is 14.7. The Bertz CT molecular complexity index is 1270. The monoisotopic (exact) mass is 452 g/mol. The molecule has 0 spiro atoms. The highest BCUT2D eigenvalue weighted by Gasteiger charge is 2.22. The second-order valence-electron chi connectivity index (χ2n) is 6.40. The number of aromatic carboxylic acids is 1. The maximum absolute atomic E-state index is 14.9. The van der Waals surface area contributed by atoms with Gasteiger partial charge in [-0.2, -0.15) is 0 Å². The van der Waals surface area contributed by atoms with E-state index in [2.05, 4.69) is 20.0 Å². The van der Waals surface area contributed by atoms with Gasteiger partial charge < -0.3 is 15.2 Å². The Hall–Kier alpha value is -3.54. The number of halogens is 2. The molecule has 31 heavy (non-hydrogen) atoms. The first-order valence-electron chi connectivity index (χ1n) is 8.99. The van der Waals surface area contributed by atoms with Crippen molar-refractivity contribution in [1.29, 1.82) is 0 Å². The van der Waals surface area contributed by atoms with Crippen LogP contribution in [0.15, 0.2) is 30.5 Å². The van der Waals surface area contributed by atoms with E-state index in [1.807, 2.05) is 0 Å². The Kier molecular flexibility index (Phi) is 6.20. The van der Waals surface area contributed by atoms with Gasteiger partial charge >= 0.3 is 5.97 Å². The highest BCUT2D eigenvalue weighted by atomic mass is 32.2. The summed E-state index contributed by atoms with van der Waals surface area (Å²) in [5.41, 5.74) is -1.59. The van der Waals surface area contributed by atoms with E-state index in [9.17, 15) is 27.1 Å². The van der Waals surface area contributed by atoms with Crippen LogP contribution >= 0.6 is 0 Å². The Morgan fingerprint density at radius 3 is 2.55 bits per heavy atom. The lowest BCUT2D eigenvalue weighted by Gasteiger charge is -2.15. The van der Waals surface area contributed by atoms with Gasteiger partial charge in [-0.15, -0.1) is 0 Å². The number of carboxylic acid groups (broad SMARTS) is 1. The molecule has 3 aromatic rings. The number of fused-ring (bicyclic) bond motifs is 1. The molecule has 9 nitrogen and oxygen atoms in total. The molecule has 0 saturated carbocycles. The summed E-state index contributed by atoms with van der Waals surface area (Å²) in [5.74, 6) is -3.90. The highest BCUT2D eigenvalue weighted by Crippen LogP contribution is 2.33. The van der Waals surface area contributed by atoms with E-state index in [1.165, 1.54) is 25.4 Å². The summed E-state index contributed by atoms with van der Waals surface area (Å²) in [6, 6.07) is 4.50. The third kappa shape index (κ3) is 4.63. The van der Waals surface area contributed by atoms with Gasteiger partial charge in [0.15, 0.2) is 5.82 Å². The zero-order chi connectivity index (χ0) is 22.8. The Labute approximate surface area is 176 Å². The highest BCUT2D eigenvalue weighted by molar-refractivity contribution is 7.92. The minimum absolute atomic E-state index is 0.0526. The molecule has 0 radical (unpaired) electrons. The molecule has 164 valence electrons. The van der Waals surface area contributed by atoms with Gasteiger partial charge in [-0.1, -0.05) is 6.92 Å². The van der Waals surface area contributed by atoms with Gasteiger partial charge in [0.05, 0.1) is 36.0 Å². The number of nitrogens with zero attached hydrogens (tertiary/aromatic N) is 2. The molecule has 0 unspecified atom stereocenters. The average Bonchev–Trinajstić information content (AvgIpc) is 2.72. The van der Waals surface area contributed by atoms with Gasteiger partial charge in [-0.3, -0.25) is 4.72 Å². The van der Waals surface area contributed by atoms with Crippen molar-refractivity contribution in [3.63, 3.8) is 0 Å². The van der Waals surface area contributed by atoms with Crippen molar-refractivity contribution in [2.24, 2.45) is 0 Å². The van der Waals surface area contributed by atoms with Crippen molar-refractivity contribution in [2.45, 2.75) is 13.3 Å². The van der Waals surface area contributed by atoms with Crippen LogP contribution in [0.4, 0.5) is 25.8 Å². The van der Waals surface area contributed by atoms with Gasteiger partial charge in [0.1, 0.15) is 22.6 Å². The van der Waals surface area contributed by atoms with Crippen LogP contribution < -0.4 is 14.8 Å². The number of rotatable bonds is 8. The Morgan fingerprint density at radius 1 is 1.19 bits per heavy atom. The van der Waals surface area contributed by atoms with Gasteiger partial charge in [-0.25, -0.2) is 32.0 Å². The standard InChI is InChI=1S/C19H18F2N4O5S/c1-3-8-31(28,29)25-12-5-4-10(20)17(16(12)21)23-11-6-7-13-18(15(11)19(26)27)24-14(30-2)9-22-13/h4-7,9,23,25H,3,8H2,1-2H3,(H,26,27). The maximum atomic E-state index is 14.9. The summed E-state index contributed by atoms with van der Waals surface area (Å²) < 4.78 is 60.3. The fourth-order valence-electron chi connectivity index (χ4n) is 2.85. The zero-order valence-electron chi connectivity index (χ0n) is 16.4. The number of ether oxygens (including phenoxy) is 1. The molecule has 0 aliphatic rings. The van der Waals surface area contributed by atoms with Gasteiger partial charge in [0.25, 0.3) is 0 Å². The van der Waals surface area contributed by atoms with Gasteiger partial charge in [-0.05, 0) is 30.7 Å². The molecule has 1 aromatic heterocycles. The number of methoxy groups -OCH3 is 1. The number of hydrogen-bond acceptors (Lipinski definition) is 7. The molecule has 3 N–H and O–H groups in total. The van der Waals surface area contributed by atoms with Crippen LogP contribution in [0.25, 0.3) is 11.0 Å². The lowest BCUT2D eigenvalue weighted by atomic mass is 10.1. The first-order valence-corrected chi connectivity index (χ1v) is 10.6. The number of nitrogens with one attached hydrogen (secondary N) is 2. The number of anilines is 3. The molecule has 0 fully saturated rings. The summed E-state index contributed by atoms with van der Waals surface area (Å²) in [6.45, 7) is 1.64. The molecular weight excluding hydrogens is 434 g/mol. The fourth-order valence-corrected chi connectivity index (χ4v) is 3.98. The summed E-state index contributed by atoms with van der Waals surface area (Å²) in [4.78, 5) is 20.0. The summed E-state index contributed by atoms with van der Waals surface area (Å²) in [6.07, 6.45) is 1.60. The van der Waals surface area contributed by atoms with Crippen molar-refractivity contribution in [2.75, 3.05) is 22.9 Å². The maximum Gasteiger partial charge on any atom is 0.340 e. The molecule has 0 aliphatic heterocycles. The molecule has 0 aliphatic carbocycles. The molecule has 12 heteroatoms. The fraction of sp³-hybridized carbons (Fsp3) is 0.211. The summed E-state index contributed by atoms with van der Waals surface area (Å²) in [5, 5.41) is 12.1. The Morgan fingerprint density at radius 2 is 1.90 bits per heavy atom. The van der Waals surface area contributed by atoms with Crippen molar-refractivity contribution in [1.82, 2.24) is 9.97 Å². The van der Waals surface area contributed by atoms with Crippen LogP contribution in [-0.2, 0) is 10.0 Å². The number of carboxylic acids is 1. The van der Waals surface area contributed by atoms with Crippen LogP contribution in [0.2, 0.25) is 0 Å². The molecule has 3 rings (SSSR count). The van der Waals surface area contributed by atoms with Crippen LogP contribution in [0.5, 0.6) is 5.88 Å². The van der Waals surface area contributed by atoms with Crippen LogP contribution in [0, 0.1) is 11.6 Å². The van der Waals surface area contributed by atoms with Gasteiger partial charge in [0.2, 0.25) is 15.9 Å². The quantitative estimate of drug-likeness (QED) is 0.473. The number of aromatic nitrogens is 2. The van der Waals surface area contributed by atoms with E-state index >= 15 is 0 Å². The second-order valence-corrected chi connectivity index (χ2v) is 8.25. The van der Waals surface area contributed by atoms with Crippen LogP contribution in [0.1, 0.15) is 23.7 Å². The second kappa shape index (κ2) is 8.68. The average molecular weight is 452 g/mol. The van der Waals surface area contributed by atoms with Crippen molar-refractivity contribution in [3.05, 3.63) is 47.7 Å². The van der Waals surface area contributed by atoms with Crippen molar-refractivity contribution >= 4 is 44.1 Å². The van der Waals surface area contributed by atoms with Crippen molar-refractivity contribution < 1.29 is 31.8 Å². The van der Waals surface area contributed by atoms with Crippen LogP contribution in [0.3, 0.4) is 0 Å². The predicted molar refractivity (Wildman–Crippen MR) is 110 cm³/mol. The molecule has 1 heterocycles. The minimum Gasteiger partial charge on any atom is -0.480 e. The molecular formula is C19H18F2N4O5S. The zero-order valence-corrected chi connectivity index (χ0v) is 17.3. The van der Waals surface area contributed by atoms with Gasteiger partial charge in [0, 0.05) is 0 Å². The lowest BCUT2D eigenvalue weighted by Crippen LogP contribution is -2.17. The predicted octanol–water partition coefficient (Wildman–Crippen LogP) is 3.51. The largest absolute Gasteiger partial charge is 0.480 e. The summed E-state index contributed by atoms with van der Waals surface area (Å²) in [7, 11) is -2.51. The van der Waals surface area contributed by atoms with E-state index in [0.717, 1.165) is 12.1 Å². The Balaban J connectivity index is 2.11. The smallest absolute Gasteiger partial charge is 0.340 e. The van der Waals surface area contributed by atoms with E-state index in [-0.39, 0.29) is 33.9 Å². The lowest BCUT2D eigenvalue weighted by molar-refractivity contribution is 0.0700. The van der Waals surface area contributed by atoms with Crippen LogP contribution in [-0.4, -0.2) is 42.3 Å². The number of carbonyl (C=O) groups is 1. The van der Waals surface area contributed by atoms with E-state index < -0.39 is 39.0 Å². The molecule has 0 bridgehead atoms. The van der Waals surface area contributed by atoms with E-state index in [1.54, 1.807) is 6.92 Å². The SMILES string of the molecule is CCCS(=O)(=O)Nc1ccc(F)c(Nc2ccc3ncc(OC)nc3c2C(=O)O)c1F. The molecule has 0 saturated heterocycles. The molecule has 2 aromatic carbocycles. The van der Waals surface area contributed by atoms with E-state index in [0.29, 0.717) is 6.42 Å². The minimum atomic E-state index is -3.83. The normalized spacial score (nSPS) is 11.4.